The first-order chi connectivity index (χ1) is 6.27. The Morgan fingerprint density at radius 1 is 1.15 bits per heavy atom. The zero-order chi connectivity index (χ0) is 9.26. The van der Waals surface area contributed by atoms with Gasteiger partial charge < -0.3 is 5.32 Å². The van der Waals surface area contributed by atoms with E-state index in [9.17, 15) is 0 Å². The van der Waals surface area contributed by atoms with E-state index < -0.39 is 0 Å². The Kier molecular flexibility index (Phi) is 2.17. The molecule has 0 bridgehead atoms. The van der Waals surface area contributed by atoms with E-state index in [4.69, 9.17) is 0 Å². The fraction of sp³-hybridized carbons (Fsp3) is 0.600. The van der Waals surface area contributed by atoms with Gasteiger partial charge in [0.15, 0.2) is 0 Å². The number of aromatic nitrogens is 2. The Morgan fingerprint density at radius 3 is 2.85 bits per heavy atom. The van der Waals surface area contributed by atoms with Crippen molar-refractivity contribution in [2.45, 2.75) is 33.1 Å². The summed E-state index contributed by atoms with van der Waals surface area (Å²) in [7, 11) is 0. The minimum absolute atomic E-state index is 0.866. The van der Waals surface area contributed by atoms with Crippen molar-refractivity contribution in [1.82, 2.24) is 9.97 Å². The minimum atomic E-state index is 0.866. The summed E-state index contributed by atoms with van der Waals surface area (Å²) in [4.78, 5) is 8.79. The Balaban J connectivity index is 2.47. The highest BCUT2D eigenvalue weighted by atomic mass is 15.0. The number of aryl methyl sites for hydroxylation is 2. The molecule has 1 aromatic heterocycles. The maximum Gasteiger partial charge on any atom is 0.133 e. The zero-order valence-corrected chi connectivity index (χ0v) is 8.22. The number of hydrogen-bond donors (Lipinski definition) is 1. The summed E-state index contributed by atoms with van der Waals surface area (Å²) < 4.78 is 0. The maximum atomic E-state index is 4.41. The van der Waals surface area contributed by atoms with Crippen molar-refractivity contribution in [3.05, 3.63) is 17.1 Å². The Labute approximate surface area is 78.6 Å². The quantitative estimate of drug-likeness (QED) is 0.657. The van der Waals surface area contributed by atoms with Crippen molar-refractivity contribution >= 4 is 5.82 Å². The zero-order valence-electron chi connectivity index (χ0n) is 8.22. The van der Waals surface area contributed by atoms with Gasteiger partial charge in [0.2, 0.25) is 0 Å². The van der Waals surface area contributed by atoms with Gasteiger partial charge in [-0.05, 0) is 33.1 Å². The number of anilines is 1. The number of nitrogens with zero attached hydrogens (tertiary/aromatic N) is 2. The van der Waals surface area contributed by atoms with Crippen LogP contribution in [0.3, 0.4) is 0 Å². The minimum Gasteiger partial charge on any atom is -0.370 e. The summed E-state index contributed by atoms with van der Waals surface area (Å²) in [5, 5.41) is 3.36. The predicted molar refractivity (Wildman–Crippen MR) is 52.9 cm³/mol. The Morgan fingerprint density at radius 2 is 2.00 bits per heavy atom. The van der Waals surface area contributed by atoms with Crippen molar-refractivity contribution in [2.75, 3.05) is 11.9 Å². The van der Waals surface area contributed by atoms with Crippen LogP contribution in [-0.2, 0) is 6.42 Å². The molecule has 0 atom stereocenters. The molecule has 1 aromatic rings. The molecule has 0 radical (unpaired) electrons. The van der Waals surface area contributed by atoms with Crippen molar-refractivity contribution in [3.8, 4) is 0 Å². The number of hydrogen-bond acceptors (Lipinski definition) is 3. The molecule has 2 heterocycles. The van der Waals surface area contributed by atoms with Crippen LogP contribution in [0.4, 0.5) is 5.82 Å². The smallest absolute Gasteiger partial charge is 0.133 e. The molecular weight excluding hydrogens is 162 g/mol. The third-order valence-electron chi connectivity index (χ3n) is 2.47. The van der Waals surface area contributed by atoms with Crippen LogP contribution in [0.1, 0.15) is 29.9 Å². The summed E-state index contributed by atoms with van der Waals surface area (Å²) in [5.74, 6) is 1.92. The van der Waals surface area contributed by atoms with E-state index in [1.807, 2.05) is 6.92 Å². The first-order valence-corrected chi connectivity index (χ1v) is 4.85. The molecule has 1 aliphatic heterocycles. The van der Waals surface area contributed by atoms with Gasteiger partial charge in [0.25, 0.3) is 0 Å². The van der Waals surface area contributed by atoms with E-state index >= 15 is 0 Å². The third-order valence-corrected chi connectivity index (χ3v) is 2.47. The second kappa shape index (κ2) is 3.32. The summed E-state index contributed by atoms with van der Waals surface area (Å²) in [6.07, 6.45) is 3.59. The van der Waals surface area contributed by atoms with Gasteiger partial charge in [-0.2, -0.15) is 0 Å². The van der Waals surface area contributed by atoms with E-state index in [-0.39, 0.29) is 0 Å². The van der Waals surface area contributed by atoms with E-state index in [0.29, 0.717) is 0 Å². The average Bonchev–Trinajstić information content (AvgIpc) is 2.28. The van der Waals surface area contributed by atoms with Crippen LogP contribution in [0, 0.1) is 13.8 Å². The van der Waals surface area contributed by atoms with Gasteiger partial charge in [0, 0.05) is 17.8 Å². The lowest BCUT2D eigenvalue weighted by Gasteiger charge is -2.09. The van der Waals surface area contributed by atoms with Crippen molar-refractivity contribution in [3.63, 3.8) is 0 Å². The highest BCUT2D eigenvalue weighted by Crippen LogP contribution is 2.21. The van der Waals surface area contributed by atoms with Crippen molar-refractivity contribution in [1.29, 1.82) is 0 Å². The number of rotatable bonds is 0. The van der Waals surface area contributed by atoms with E-state index in [1.54, 1.807) is 0 Å². The van der Waals surface area contributed by atoms with Crippen LogP contribution >= 0.6 is 0 Å². The molecule has 0 amide bonds. The van der Waals surface area contributed by atoms with Gasteiger partial charge in [-0.3, -0.25) is 0 Å². The molecule has 3 nitrogen and oxygen atoms in total. The molecule has 0 unspecified atom stereocenters. The topological polar surface area (TPSA) is 37.8 Å². The lowest BCUT2D eigenvalue weighted by Crippen LogP contribution is -2.06. The normalized spacial score (nSPS) is 15.8. The second-order valence-electron chi connectivity index (χ2n) is 3.57. The van der Waals surface area contributed by atoms with Crippen LogP contribution in [0.15, 0.2) is 0 Å². The van der Waals surface area contributed by atoms with Gasteiger partial charge in [-0.25, -0.2) is 9.97 Å². The third kappa shape index (κ3) is 1.64. The van der Waals surface area contributed by atoms with Gasteiger partial charge in [0.05, 0.1) is 0 Å². The predicted octanol–water partition coefficient (Wildman–Crippen LogP) is 1.84. The molecule has 3 heteroatoms. The number of nitrogens with one attached hydrogen (secondary N) is 1. The molecule has 1 aliphatic rings. The molecule has 13 heavy (non-hydrogen) atoms. The molecule has 0 spiro atoms. The second-order valence-corrected chi connectivity index (χ2v) is 3.57. The lowest BCUT2D eigenvalue weighted by atomic mass is 10.1. The lowest BCUT2D eigenvalue weighted by molar-refractivity contribution is 0.780. The standard InChI is InChI=1S/C10H15N3/c1-7-9-5-3-4-6-11-10(9)13-8(2)12-7/h3-6H2,1-2H3,(H,11,12,13). The highest BCUT2D eigenvalue weighted by molar-refractivity contribution is 5.47. The van der Waals surface area contributed by atoms with Crippen LogP contribution in [0.2, 0.25) is 0 Å². The fourth-order valence-corrected chi connectivity index (χ4v) is 1.81. The molecule has 0 fully saturated rings. The highest BCUT2D eigenvalue weighted by Gasteiger charge is 2.12. The molecule has 70 valence electrons. The first-order valence-electron chi connectivity index (χ1n) is 4.85. The van der Waals surface area contributed by atoms with Gasteiger partial charge in [-0.1, -0.05) is 0 Å². The van der Waals surface area contributed by atoms with Gasteiger partial charge in [-0.15, -0.1) is 0 Å². The van der Waals surface area contributed by atoms with Crippen molar-refractivity contribution < 1.29 is 0 Å². The van der Waals surface area contributed by atoms with Gasteiger partial charge >= 0.3 is 0 Å². The summed E-state index contributed by atoms with van der Waals surface area (Å²) in [6, 6.07) is 0. The Bertz CT molecular complexity index is 320. The summed E-state index contributed by atoms with van der Waals surface area (Å²) >= 11 is 0. The maximum absolute atomic E-state index is 4.41. The molecule has 2 rings (SSSR count). The monoisotopic (exact) mass is 177 g/mol. The molecular formula is C10H15N3. The first kappa shape index (κ1) is 8.48. The largest absolute Gasteiger partial charge is 0.370 e. The Hall–Kier alpha value is -1.12. The van der Waals surface area contributed by atoms with Crippen LogP contribution in [0.25, 0.3) is 0 Å². The average molecular weight is 177 g/mol. The molecule has 1 N–H and O–H groups in total. The number of fused-ring (bicyclic) bond motifs is 1. The molecule has 0 saturated heterocycles. The summed E-state index contributed by atoms with van der Waals surface area (Å²) in [5.41, 5.74) is 2.44. The van der Waals surface area contributed by atoms with E-state index in [1.165, 1.54) is 18.4 Å². The van der Waals surface area contributed by atoms with E-state index in [2.05, 4.69) is 22.2 Å². The summed E-state index contributed by atoms with van der Waals surface area (Å²) in [6.45, 7) is 5.06. The molecule has 0 aromatic carbocycles. The van der Waals surface area contributed by atoms with Crippen LogP contribution in [0.5, 0.6) is 0 Å². The molecule has 0 saturated carbocycles. The molecule has 0 aliphatic carbocycles. The van der Waals surface area contributed by atoms with Crippen LogP contribution < -0.4 is 5.32 Å². The van der Waals surface area contributed by atoms with Crippen LogP contribution in [-0.4, -0.2) is 16.5 Å². The van der Waals surface area contributed by atoms with Gasteiger partial charge in [0.1, 0.15) is 11.6 Å². The van der Waals surface area contributed by atoms with E-state index in [0.717, 1.165) is 30.3 Å². The fourth-order valence-electron chi connectivity index (χ4n) is 1.81. The SMILES string of the molecule is Cc1nc(C)c2c(n1)NCCCC2. The van der Waals surface area contributed by atoms with Crippen molar-refractivity contribution in [2.24, 2.45) is 0 Å².